The van der Waals surface area contributed by atoms with E-state index in [2.05, 4.69) is 5.32 Å². The van der Waals surface area contributed by atoms with Gasteiger partial charge < -0.3 is 10.2 Å². The molecule has 0 radical (unpaired) electrons. The van der Waals surface area contributed by atoms with E-state index in [1.54, 1.807) is 17.0 Å². The molecule has 1 N–H and O–H groups in total. The van der Waals surface area contributed by atoms with Crippen molar-refractivity contribution in [3.63, 3.8) is 0 Å². The minimum absolute atomic E-state index is 0.0108. The number of benzene rings is 1. The molecule has 5 heteroatoms. The number of likely N-dealkylation sites (tertiary alicyclic amines) is 1. The van der Waals surface area contributed by atoms with Gasteiger partial charge >= 0.3 is 0 Å². The fraction of sp³-hybridized carbons (Fsp3) is 0.529. The van der Waals surface area contributed by atoms with Crippen LogP contribution in [0, 0.1) is 11.2 Å². The molecule has 1 aromatic rings. The minimum atomic E-state index is -0.318. The average molecular weight is 304 g/mol. The number of halogens is 1. The Morgan fingerprint density at radius 3 is 2.73 bits per heavy atom. The van der Waals surface area contributed by atoms with E-state index in [0.717, 1.165) is 32.2 Å². The second kappa shape index (κ2) is 6.07. The molecule has 2 aliphatic heterocycles. The summed E-state index contributed by atoms with van der Waals surface area (Å²) < 4.78 is 13.2. The van der Waals surface area contributed by atoms with Gasteiger partial charge in [-0.25, -0.2) is 4.39 Å². The van der Waals surface area contributed by atoms with E-state index >= 15 is 0 Å². The highest BCUT2D eigenvalue weighted by molar-refractivity contribution is 5.84. The number of hydrogen-bond acceptors (Lipinski definition) is 2. The summed E-state index contributed by atoms with van der Waals surface area (Å²) in [5.41, 5.74) is 0.425. The zero-order valence-electron chi connectivity index (χ0n) is 12.6. The Bertz CT molecular complexity index is 580. The lowest BCUT2D eigenvalue weighted by Gasteiger charge is -2.42. The zero-order valence-corrected chi connectivity index (χ0v) is 12.6. The van der Waals surface area contributed by atoms with E-state index in [1.807, 2.05) is 0 Å². The van der Waals surface area contributed by atoms with Crippen LogP contribution in [-0.4, -0.2) is 36.3 Å². The van der Waals surface area contributed by atoms with Gasteiger partial charge in [0.25, 0.3) is 0 Å². The highest BCUT2D eigenvalue weighted by Gasteiger charge is 2.43. The summed E-state index contributed by atoms with van der Waals surface area (Å²) in [6.45, 7) is 1.99. The van der Waals surface area contributed by atoms with Gasteiger partial charge in [0.05, 0.1) is 11.8 Å². The Morgan fingerprint density at radius 1 is 1.27 bits per heavy atom. The molecule has 0 bridgehead atoms. The molecule has 4 nitrogen and oxygen atoms in total. The lowest BCUT2D eigenvalue weighted by atomic mass is 9.72. The molecule has 0 unspecified atom stereocenters. The van der Waals surface area contributed by atoms with Gasteiger partial charge in [0.1, 0.15) is 5.82 Å². The van der Waals surface area contributed by atoms with Crippen molar-refractivity contribution in [3.05, 3.63) is 35.6 Å². The molecular weight excluding hydrogens is 283 g/mol. The van der Waals surface area contributed by atoms with Gasteiger partial charge in [-0.2, -0.15) is 0 Å². The molecule has 0 saturated carbocycles. The van der Waals surface area contributed by atoms with Crippen LogP contribution >= 0.6 is 0 Å². The van der Waals surface area contributed by atoms with Gasteiger partial charge in [0.15, 0.2) is 0 Å². The summed E-state index contributed by atoms with van der Waals surface area (Å²) in [6, 6.07) is 6.16. The third-order valence-corrected chi connectivity index (χ3v) is 4.92. The molecule has 0 aromatic heterocycles. The van der Waals surface area contributed by atoms with Crippen molar-refractivity contribution in [3.8, 4) is 0 Å². The van der Waals surface area contributed by atoms with E-state index < -0.39 is 0 Å². The van der Waals surface area contributed by atoms with Crippen LogP contribution < -0.4 is 5.32 Å². The molecule has 2 heterocycles. The fourth-order valence-electron chi connectivity index (χ4n) is 3.52. The second-order valence-electron chi connectivity index (χ2n) is 6.33. The predicted octanol–water partition coefficient (Wildman–Crippen LogP) is 1.89. The number of hydrogen-bond donors (Lipinski definition) is 1. The van der Waals surface area contributed by atoms with Crippen molar-refractivity contribution in [2.75, 3.05) is 19.6 Å². The Morgan fingerprint density at radius 2 is 2.05 bits per heavy atom. The standard InChI is InChI=1S/C17H21FN2O2/c18-14-4-1-3-13(11-14)12-15(21)20-9-6-17(7-10-20)5-2-8-19-16(17)22/h1,3-4,11H,2,5-10,12H2,(H,19,22). The van der Waals surface area contributed by atoms with Gasteiger partial charge in [0, 0.05) is 19.6 Å². The maximum Gasteiger partial charge on any atom is 0.226 e. The number of piperidine rings is 2. The van der Waals surface area contributed by atoms with E-state index in [4.69, 9.17) is 0 Å². The maximum absolute atomic E-state index is 13.2. The summed E-state index contributed by atoms with van der Waals surface area (Å²) in [5, 5.41) is 2.95. The lowest BCUT2D eigenvalue weighted by Crippen LogP contribution is -2.53. The quantitative estimate of drug-likeness (QED) is 0.907. The molecule has 2 saturated heterocycles. The third kappa shape index (κ3) is 2.98. The first-order valence-electron chi connectivity index (χ1n) is 7.90. The van der Waals surface area contributed by atoms with Crippen LogP contribution in [0.1, 0.15) is 31.2 Å². The van der Waals surface area contributed by atoms with Gasteiger partial charge in [-0.3, -0.25) is 9.59 Å². The van der Waals surface area contributed by atoms with Gasteiger partial charge in [0.2, 0.25) is 11.8 Å². The fourth-order valence-corrected chi connectivity index (χ4v) is 3.52. The van der Waals surface area contributed by atoms with E-state index in [1.165, 1.54) is 12.1 Å². The summed E-state index contributed by atoms with van der Waals surface area (Å²) in [4.78, 5) is 26.3. The highest BCUT2D eigenvalue weighted by atomic mass is 19.1. The first kappa shape index (κ1) is 15.0. The first-order valence-corrected chi connectivity index (χ1v) is 7.90. The third-order valence-electron chi connectivity index (χ3n) is 4.92. The molecular formula is C17H21FN2O2. The molecule has 118 valence electrons. The molecule has 0 aliphatic carbocycles. The van der Waals surface area contributed by atoms with Crippen LogP contribution in [0.2, 0.25) is 0 Å². The Hall–Kier alpha value is -1.91. The summed E-state index contributed by atoms with van der Waals surface area (Å²) in [7, 11) is 0. The molecule has 2 amide bonds. The number of nitrogens with one attached hydrogen (secondary N) is 1. The number of carbonyl (C=O) groups excluding carboxylic acids is 2. The van der Waals surface area contributed by atoms with Crippen molar-refractivity contribution >= 4 is 11.8 Å². The molecule has 2 aliphatic rings. The average Bonchev–Trinajstić information content (AvgIpc) is 2.51. The summed E-state index contributed by atoms with van der Waals surface area (Å²) >= 11 is 0. The number of carbonyl (C=O) groups is 2. The van der Waals surface area contributed by atoms with E-state index in [-0.39, 0.29) is 29.5 Å². The maximum atomic E-state index is 13.2. The number of amides is 2. The van der Waals surface area contributed by atoms with Crippen LogP contribution in [-0.2, 0) is 16.0 Å². The Balaban J connectivity index is 1.59. The molecule has 0 atom stereocenters. The Kier molecular flexibility index (Phi) is 4.14. The molecule has 22 heavy (non-hydrogen) atoms. The van der Waals surface area contributed by atoms with Crippen LogP contribution in [0.3, 0.4) is 0 Å². The Labute approximate surface area is 129 Å². The van der Waals surface area contributed by atoms with Crippen molar-refractivity contribution in [2.45, 2.75) is 32.1 Å². The largest absolute Gasteiger partial charge is 0.356 e. The zero-order chi connectivity index (χ0) is 15.6. The van der Waals surface area contributed by atoms with E-state index in [0.29, 0.717) is 18.7 Å². The smallest absolute Gasteiger partial charge is 0.226 e. The number of nitrogens with zero attached hydrogens (tertiary/aromatic N) is 1. The van der Waals surface area contributed by atoms with Crippen LogP contribution in [0.5, 0.6) is 0 Å². The van der Waals surface area contributed by atoms with Crippen LogP contribution in [0.25, 0.3) is 0 Å². The summed E-state index contributed by atoms with van der Waals surface area (Å²) in [5.74, 6) is -0.158. The van der Waals surface area contributed by atoms with E-state index in [9.17, 15) is 14.0 Å². The van der Waals surface area contributed by atoms with Crippen molar-refractivity contribution in [1.29, 1.82) is 0 Å². The van der Waals surface area contributed by atoms with Crippen molar-refractivity contribution < 1.29 is 14.0 Å². The molecule has 2 fully saturated rings. The normalized spacial score (nSPS) is 20.8. The van der Waals surface area contributed by atoms with Crippen molar-refractivity contribution in [2.24, 2.45) is 5.41 Å². The number of rotatable bonds is 2. The predicted molar refractivity (Wildman–Crippen MR) is 80.6 cm³/mol. The van der Waals surface area contributed by atoms with Gasteiger partial charge in [-0.05, 0) is 43.4 Å². The van der Waals surface area contributed by atoms with Crippen LogP contribution in [0.4, 0.5) is 4.39 Å². The highest BCUT2D eigenvalue weighted by Crippen LogP contribution is 2.38. The molecule has 1 aromatic carbocycles. The van der Waals surface area contributed by atoms with Crippen LogP contribution in [0.15, 0.2) is 24.3 Å². The topological polar surface area (TPSA) is 49.4 Å². The monoisotopic (exact) mass is 304 g/mol. The minimum Gasteiger partial charge on any atom is -0.356 e. The van der Waals surface area contributed by atoms with Gasteiger partial charge in [-0.15, -0.1) is 0 Å². The SMILES string of the molecule is O=C(Cc1cccc(F)c1)N1CCC2(CCCNC2=O)CC1. The first-order chi connectivity index (χ1) is 10.6. The molecule has 3 rings (SSSR count). The second-order valence-corrected chi connectivity index (χ2v) is 6.33. The lowest BCUT2D eigenvalue weighted by molar-refractivity contribution is -0.142. The van der Waals surface area contributed by atoms with Gasteiger partial charge in [-0.1, -0.05) is 12.1 Å². The van der Waals surface area contributed by atoms with Crippen molar-refractivity contribution in [1.82, 2.24) is 10.2 Å². The molecule has 1 spiro atoms. The summed E-state index contributed by atoms with van der Waals surface area (Å²) in [6.07, 6.45) is 3.62.